The molecule has 0 spiro atoms. The Hall–Kier alpha value is -4.97. The molecule has 4 aliphatic rings. The number of ether oxygens (including phenoxy) is 1. The van der Waals surface area contributed by atoms with Crippen molar-refractivity contribution in [1.29, 1.82) is 0 Å². The van der Waals surface area contributed by atoms with Crippen molar-refractivity contribution < 1.29 is 19.4 Å². The summed E-state index contributed by atoms with van der Waals surface area (Å²) in [4.78, 5) is 36.4. The number of hydrogen-bond acceptors (Lipinski definition) is 9. The minimum atomic E-state index is -0.653. The molecule has 12 nitrogen and oxygen atoms in total. The van der Waals surface area contributed by atoms with E-state index in [2.05, 4.69) is 49.3 Å². The van der Waals surface area contributed by atoms with Gasteiger partial charge in [0, 0.05) is 30.6 Å². The molecule has 1 aromatic heterocycles. The highest BCUT2D eigenvalue weighted by Crippen LogP contribution is 2.38. The monoisotopic (exact) mass is 596 g/mol. The molecule has 0 bridgehead atoms. The van der Waals surface area contributed by atoms with E-state index in [0.29, 0.717) is 32.0 Å². The normalized spacial score (nSPS) is 23.0. The molecular weight excluding hydrogens is 560 g/mol. The highest BCUT2D eigenvalue weighted by Gasteiger charge is 2.34. The van der Waals surface area contributed by atoms with Gasteiger partial charge in [0.2, 0.25) is 0 Å². The third-order valence-electron chi connectivity index (χ3n) is 8.76. The Kier molecular flexibility index (Phi) is 7.92. The molecule has 228 valence electrons. The van der Waals surface area contributed by atoms with Crippen molar-refractivity contribution >= 4 is 17.6 Å². The van der Waals surface area contributed by atoms with Gasteiger partial charge in [-0.05, 0) is 66.2 Å². The van der Waals surface area contributed by atoms with Gasteiger partial charge in [-0.25, -0.2) is 9.97 Å². The third kappa shape index (κ3) is 5.55. The number of nitrogens with one attached hydrogen (secondary N) is 2. The number of benzene rings is 1. The molecule has 7 N–H and O–H groups in total. The van der Waals surface area contributed by atoms with Crippen molar-refractivity contribution in [3.05, 3.63) is 99.8 Å². The standard InChI is InChI=1S/C32H36N8O4/c1-17-18(2)29(41)28(17)40-9-10-44-27-8-3-19(11-22(27)15-40)14-35-31(42)25-13-26(37-16-36-25)32(43)38-24-7-5-20-12-21(30(33)39-34)4-6-23(20)24/h3,6,8,11-13,16,21,24,29,41H,2,4-5,7,9-10,14-15,34H2,1H3,(H2,33,39)(H,35,42)(H,38,43)/t21?,24-,29?/m0/s1. The summed E-state index contributed by atoms with van der Waals surface area (Å²) in [7, 11) is 0. The number of hydrogen-bond donors (Lipinski definition) is 5. The summed E-state index contributed by atoms with van der Waals surface area (Å²) in [5.41, 5.74) is 12.8. The average molecular weight is 597 g/mol. The van der Waals surface area contributed by atoms with Gasteiger partial charge in [0.15, 0.2) is 0 Å². The number of carbonyl (C=O) groups excluding carboxylic acids is 2. The zero-order chi connectivity index (χ0) is 31.0. The predicted octanol–water partition coefficient (Wildman–Crippen LogP) is 1.80. The van der Waals surface area contributed by atoms with Gasteiger partial charge in [-0.2, -0.15) is 5.10 Å². The maximum Gasteiger partial charge on any atom is 0.270 e. The van der Waals surface area contributed by atoms with Crippen molar-refractivity contribution in [2.75, 3.05) is 13.2 Å². The van der Waals surface area contributed by atoms with Crippen LogP contribution < -0.4 is 26.9 Å². The van der Waals surface area contributed by atoms with E-state index in [4.69, 9.17) is 16.3 Å². The lowest BCUT2D eigenvalue weighted by Gasteiger charge is -2.38. The maximum absolute atomic E-state index is 13.1. The van der Waals surface area contributed by atoms with E-state index in [-0.39, 0.29) is 35.8 Å². The molecule has 3 atom stereocenters. The molecule has 1 aliphatic heterocycles. The second kappa shape index (κ2) is 12.0. The number of aromatic nitrogens is 2. The topological polar surface area (TPSA) is 181 Å². The number of allylic oxidation sites excluding steroid dienone is 1. The first-order chi connectivity index (χ1) is 21.2. The molecule has 2 heterocycles. The Bertz CT molecular complexity index is 1660. The highest BCUT2D eigenvalue weighted by molar-refractivity contribution is 5.97. The van der Waals surface area contributed by atoms with E-state index in [9.17, 15) is 14.7 Å². The number of carbonyl (C=O) groups is 2. The molecule has 1 saturated carbocycles. The molecule has 44 heavy (non-hydrogen) atoms. The number of nitrogens with zero attached hydrogens (tertiary/aromatic N) is 4. The first-order valence-electron chi connectivity index (χ1n) is 14.7. The fourth-order valence-corrected chi connectivity index (χ4v) is 6.24. The molecule has 1 fully saturated rings. The Balaban J connectivity index is 1.07. The number of fused-ring (bicyclic) bond motifs is 2. The Morgan fingerprint density at radius 1 is 1.23 bits per heavy atom. The maximum atomic E-state index is 13.1. The SMILES string of the molecule is C=C1C(C)=C(N2CCOc3ccc(CNC(=O)c4cc(C(=O)N[C@H]5CCC6=CC(/C(N)=N/N)CC=C65)ncn4)cc3C2)C1O. The highest BCUT2D eigenvalue weighted by atomic mass is 16.5. The van der Waals surface area contributed by atoms with Crippen LogP contribution in [0.4, 0.5) is 0 Å². The summed E-state index contributed by atoms with van der Waals surface area (Å²) in [5, 5.41) is 20.0. The number of amides is 2. The lowest BCUT2D eigenvalue weighted by atomic mass is 9.85. The molecule has 0 radical (unpaired) electrons. The first-order valence-corrected chi connectivity index (χ1v) is 14.7. The smallest absolute Gasteiger partial charge is 0.270 e. The number of aliphatic hydroxyl groups is 1. The zero-order valence-corrected chi connectivity index (χ0v) is 24.5. The second-order valence-electron chi connectivity index (χ2n) is 11.4. The average Bonchev–Trinajstić information content (AvgIpc) is 3.33. The Labute approximate surface area is 255 Å². The first kappa shape index (κ1) is 29.1. The number of aliphatic hydroxyl groups excluding tert-OH is 1. The van der Waals surface area contributed by atoms with E-state index in [1.165, 1.54) is 12.4 Å². The number of amidine groups is 1. The largest absolute Gasteiger partial charge is 0.491 e. The van der Waals surface area contributed by atoms with E-state index in [0.717, 1.165) is 57.7 Å². The summed E-state index contributed by atoms with van der Waals surface area (Å²) in [6, 6.07) is 7.04. The van der Waals surface area contributed by atoms with E-state index in [1.807, 2.05) is 25.1 Å². The van der Waals surface area contributed by atoms with Gasteiger partial charge >= 0.3 is 0 Å². The van der Waals surface area contributed by atoms with Crippen LogP contribution in [0.3, 0.4) is 0 Å². The quantitative estimate of drug-likeness (QED) is 0.138. The Morgan fingerprint density at radius 2 is 2.02 bits per heavy atom. The molecule has 2 amide bonds. The van der Waals surface area contributed by atoms with Crippen LogP contribution in [0.25, 0.3) is 0 Å². The van der Waals surface area contributed by atoms with Gasteiger partial charge in [0.1, 0.15) is 42.0 Å². The molecule has 3 aliphatic carbocycles. The van der Waals surface area contributed by atoms with Crippen molar-refractivity contribution in [3.63, 3.8) is 0 Å². The van der Waals surface area contributed by atoms with Gasteiger partial charge < -0.3 is 37.0 Å². The van der Waals surface area contributed by atoms with E-state index in [1.54, 1.807) is 0 Å². The van der Waals surface area contributed by atoms with Crippen molar-refractivity contribution in [2.24, 2.45) is 22.6 Å². The van der Waals surface area contributed by atoms with Gasteiger partial charge in [-0.3, -0.25) is 9.59 Å². The lowest BCUT2D eigenvalue weighted by Crippen LogP contribution is -2.39. The van der Waals surface area contributed by atoms with Gasteiger partial charge in [-0.15, -0.1) is 0 Å². The van der Waals surface area contributed by atoms with Crippen molar-refractivity contribution in [2.45, 2.75) is 51.4 Å². The number of rotatable bonds is 7. The summed E-state index contributed by atoms with van der Waals surface area (Å²) < 4.78 is 5.94. The molecule has 2 aromatic rings. The van der Waals surface area contributed by atoms with Crippen LogP contribution >= 0.6 is 0 Å². The van der Waals surface area contributed by atoms with Crippen LogP contribution in [0.1, 0.15) is 58.3 Å². The second-order valence-corrected chi connectivity index (χ2v) is 11.4. The van der Waals surface area contributed by atoms with Gasteiger partial charge in [0.05, 0.1) is 18.3 Å². The molecule has 12 heteroatoms. The Morgan fingerprint density at radius 3 is 2.80 bits per heavy atom. The fraction of sp³-hybridized carbons (Fsp3) is 0.344. The molecular formula is C32H36N8O4. The summed E-state index contributed by atoms with van der Waals surface area (Å²) in [6.45, 7) is 7.87. The van der Waals surface area contributed by atoms with E-state index >= 15 is 0 Å². The van der Waals surface area contributed by atoms with Crippen LogP contribution in [0.5, 0.6) is 5.75 Å². The molecule has 6 rings (SSSR count). The van der Waals surface area contributed by atoms with Crippen LogP contribution in [0.2, 0.25) is 0 Å². The van der Waals surface area contributed by atoms with Gasteiger partial charge in [0.25, 0.3) is 11.8 Å². The minimum Gasteiger partial charge on any atom is -0.491 e. The molecule has 0 saturated heterocycles. The zero-order valence-electron chi connectivity index (χ0n) is 24.5. The van der Waals surface area contributed by atoms with Gasteiger partial charge in [-0.1, -0.05) is 24.8 Å². The van der Waals surface area contributed by atoms with Crippen LogP contribution in [-0.4, -0.2) is 62.9 Å². The van der Waals surface area contributed by atoms with E-state index < -0.39 is 12.0 Å². The number of hydrazone groups is 1. The molecule has 1 aromatic carbocycles. The fourth-order valence-electron chi connectivity index (χ4n) is 6.24. The number of nitrogens with two attached hydrogens (primary N) is 2. The van der Waals surface area contributed by atoms with Crippen molar-refractivity contribution in [3.8, 4) is 5.75 Å². The van der Waals surface area contributed by atoms with Crippen LogP contribution in [0.15, 0.2) is 82.4 Å². The van der Waals surface area contributed by atoms with Crippen LogP contribution in [0, 0.1) is 5.92 Å². The summed E-state index contributed by atoms with van der Waals surface area (Å²) >= 11 is 0. The van der Waals surface area contributed by atoms with Crippen LogP contribution in [-0.2, 0) is 13.1 Å². The summed E-state index contributed by atoms with van der Waals surface area (Å²) in [5.74, 6) is 5.68. The minimum absolute atomic E-state index is 0.0332. The summed E-state index contributed by atoms with van der Waals surface area (Å²) in [6.07, 6.45) is 6.95. The third-order valence-corrected chi connectivity index (χ3v) is 8.76. The van der Waals surface area contributed by atoms with Crippen molar-refractivity contribution in [1.82, 2.24) is 25.5 Å². The molecule has 2 unspecified atom stereocenters. The lowest BCUT2D eigenvalue weighted by molar-refractivity contribution is 0.0938. The predicted molar refractivity (Wildman–Crippen MR) is 164 cm³/mol.